The Labute approximate surface area is 352 Å². The van der Waals surface area contributed by atoms with E-state index in [2.05, 4.69) is 20.3 Å². The molecule has 0 aliphatic heterocycles. The summed E-state index contributed by atoms with van der Waals surface area (Å²) in [6.45, 7) is 4.63. The minimum absolute atomic E-state index is 1.37. The predicted molar refractivity (Wildman–Crippen MR) is 256 cm³/mol. The van der Waals surface area contributed by atoms with E-state index in [0.717, 1.165) is 0 Å². The summed E-state index contributed by atoms with van der Waals surface area (Å²) in [5.74, 6) is 0. The maximum absolute atomic E-state index is 2.61. The molecule has 0 atom stereocenters. The van der Waals surface area contributed by atoms with Crippen molar-refractivity contribution in [1.82, 2.24) is 0 Å². The van der Waals surface area contributed by atoms with Crippen molar-refractivity contribution in [3.05, 3.63) is 6.42 Å². The number of hydrogen-bond acceptors (Lipinski definition) is 0. The summed E-state index contributed by atoms with van der Waals surface area (Å²) in [5.41, 5.74) is 0. The van der Waals surface area contributed by atoms with Gasteiger partial charge in [0.05, 0.1) is 0 Å². The van der Waals surface area contributed by atoms with E-state index < -0.39 is 0 Å². The molecule has 0 aromatic rings. The molecule has 0 N–H and O–H groups in total. The number of hydrogen-bond donors (Lipinski definition) is 0. The molecule has 0 aliphatic carbocycles. The minimum atomic E-state index is 1.37. The Morgan fingerprint density at radius 2 is 0.255 bits per heavy atom. The Morgan fingerprint density at radius 3 is 0.382 bits per heavy atom. The molecule has 0 bridgehead atoms. The summed E-state index contributed by atoms with van der Waals surface area (Å²) in [5, 5.41) is 0. The monoisotopic (exact) mass is 772 g/mol. The molecule has 0 aromatic heterocycles. The SMILES string of the molecule is CCCCCCCCCCCCCCCCCCCCCCCCCCC[CH]CCCCCCCCCCCCCCCCCCCCCCCCCCC. The van der Waals surface area contributed by atoms with Crippen LogP contribution in [0.1, 0.15) is 348 Å². The third-order valence-electron chi connectivity index (χ3n) is 13.0. The third-order valence-corrected chi connectivity index (χ3v) is 13.0. The van der Waals surface area contributed by atoms with Gasteiger partial charge in [-0.15, -0.1) is 0 Å². The van der Waals surface area contributed by atoms with Gasteiger partial charge < -0.3 is 0 Å². The van der Waals surface area contributed by atoms with E-state index >= 15 is 0 Å². The van der Waals surface area contributed by atoms with Crippen LogP contribution in [0, 0.1) is 6.42 Å². The van der Waals surface area contributed by atoms with E-state index in [0.29, 0.717) is 0 Å². The Bertz CT molecular complexity index is 555. The van der Waals surface area contributed by atoms with Crippen LogP contribution in [0.3, 0.4) is 0 Å². The third kappa shape index (κ3) is 54.0. The molecule has 0 aromatic carbocycles. The lowest BCUT2D eigenvalue weighted by molar-refractivity contribution is 0.515. The van der Waals surface area contributed by atoms with Gasteiger partial charge in [0.1, 0.15) is 0 Å². The molecule has 0 aliphatic rings. The van der Waals surface area contributed by atoms with Crippen LogP contribution in [0.15, 0.2) is 0 Å². The Hall–Kier alpha value is 0. The summed E-state index contributed by atoms with van der Waals surface area (Å²) in [6.07, 6.45) is 79.4. The maximum Gasteiger partial charge on any atom is -0.0386 e. The molecule has 0 saturated carbocycles. The van der Waals surface area contributed by atoms with Gasteiger partial charge in [0, 0.05) is 0 Å². The molecule has 0 spiro atoms. The molecule has 0 heterocycles. The second kappa shape index (κ2) is 54.0. The molecule has 0 nitrogen and oxygen atoms in total. The van der Waals surface area contributed by atoms with Gasteiger partial charge in [-0.1, -0.05) is 348 Å². The van der Waals surface area contributed by atoms with Gasteiger partial charge in [-0.25, -0.2) is 0 Å². The average Bonchev–Trinajstić information content (AvgIpc) is 3.20. The fourth-order valence-corrected chi connectivity index (χ4v) is 9.00. The molecule has 331 valence electrons. The zero-order chi connectivity index (χ0) is 39.5. The second-order valence-corrected chi connectivity index (χ2v) is 18.8. The molecule has 0 rings (SSSR count). The van der Waals surface area contributed by atoms with Gasteiger partial charge in [-0.05, 0) is 6.42 Å². The van der Waals surface area contributed by atoms with Crippen molar-refractivity contribution in [2.45, 2.75) is 348 Å². The van der Waals surface area contributed by atoms with Gasteiger partial charge in [0.25, 0.3) is 0 Å². The number of rotatable bonds is 52. The van der Waals surface area contributed by atoms with Crippen LogP contribution >= 0.6 is 0 Å². The fraction of sp³-hybridized carbons (Fsp3) is 0.982. The normalized spacial score (nSPS) is 11.7. The second-order valence-electron chi connectivity index (χ2n) is 18.8. The van der Waals surface area contributed by atoms with E-state index in [9.17, 15) is 0 Å². The quantitative estimate of drug-likeness (QED) is 0.0540. The predicted octanol–water partition coefficient (Wildman–Crippen LogP) is 21.5. The van der Waals surface area contributed by atoms with Gasteiger partial charge in [-0.3, -0.25) is 0 Å². The molecule has 55 heavy (non-hydrogen) atoms. The molecular weight excluding hydrogens is 661 g/mol. The van der Waals surface area contributed by atoms with E-state index in [1.807, 2.05) is 0 Å². The summed E-state index contributed by atoms with van der Waals surface area (Å²) in [7, 11) is 0. The van der Waals surface area contributed by atoms with Crippen molar-refractivity contribution in [1.29, 1.82) is 0 Å². The Morgan fingerprint density at radius 1 is 0.145 bits per heavy atom. The van der Waals surface area contributed by atoms with Crippen LogP contribution in [-0.2, 0) is 0 Å². The van der Waals surface area contributed by atoms with Gasteiger partial charge >= 0.3 is 0 Å². The van der Waals surface area contributed by atoms with Crippen molar-refractivity contribution in [2.75, 3.05) is 0 Å². The highest BCUT2D eigenvalue weighted by molar-refractivity contribution is 4.65. The van der Waals surface area contributed by atoms with Crippen molar-refractivity contribution >= 4 is 0 Å². The smallest absolute Gasteiger partial charge is 0.0386 e. The van der Waals surface area contributed by atoms with Crippen LogP contribution in [0.5, 0.6) is 0 Å². The highest BCUT2D eigenvalue weighted by Crippen LogP contribution is 2.19. The highest BCUT2D eigenvalue weighted by Gasteiger charge is 1.99. The summed E-state index contributed by atoms with van der Waals surface area (Å²) >= 11 is 0. The first-order chi connectivity index (χ1) is 27.4. The zero-order valence-electron chi connectivity index (χ0n) is 39.3. The van der Waals surface area contributed by atoms with Crippen LogP contribution in [-0.4, -0.2) is 0 Å². The molecule has 0 amide bonds. The van der Waals surface area contributed by atoms with Crippen molar-refractivity contribution < 1.29 is 0 Å². The Balaban J connectivity index is 3.05. The van der Waals surface area contributed by atoms with Crippen LogP contribution in [0.25, 0.3) is 0 Å². The minimum Gasteiger partial charge on any atom is -0.0654 e. The summed E-state index contributed by atoms with van der Waals surface area (Å²) in [4.78, 5) is 0. The van der Waals surface area contributed by atoms with Gasteiger partial charge in [0.15, 0.2) is 0 Å². The highest BCUT2D eigenvalue weighted by atomic mass is 14.1. The van der Waals surface area contributed by atoms with Crippen molar-refractivity contribution in [3.63, 3.8) is 0 Å². The molecule has 0 unspecified atom stereocenters. The van der Waals surface area contributed by atoms with Crippen LogP contribution < -0.4 is 0 Å². The summed E-state index contributed by atoms with van der Waals surface area (Å²) in [6, 6.07) is 0. The largest absolute Gasteiger partial charge is 0.0654 e. The first-order valence-electron chi connectivity index (χ1n) is 27.2. The molecule has 1 radical (unpaired) electrons. The maximum atomic E-state index is 2.61. The van der Waals surface area contributed by atoms with E-state index in [1.54, 1.807) is 0 Å². The van der Waals surface area contributed by atoms with E-state index in [4.69, 9.17) is 0 Å². The average molecular weight is 772 g/mol. The standard InChI is InChI=1S/C55H111/c1-3-5-7-9-11-13-15-17-19-21-23-25-27-29-31-33-35-37-39-41-43-45-47-49-51-53-55-54-52-50-48-46-44-42-40-38-36-34-32-30-28-26-24-22-20-18-16-14-12-10-8-6-4-2/h55H,3-54H2,1-2H3. The van der Waals surface area contributed by atoms with Crippen molar-refractivity contribution in [3.8, 4) is 0 Å². The van der Waals surface area contributed by atoms with Crippen LogP contribution in [0.2, 0.25) is 0 Å². The topological polar surface area (TPSA) is 0 Å². The van der Waals surface area contributed by atoms with E-state index in [1.165, 1.54) is 334 Å². The molecule has 0 heteroatoms. The number of unbranched alkanes of at least 4 members (excludes halogenated alkanes) is 52. The van der Waals surface area contributed by atoms with Gasteiger partial charge in [0.2, 0.25) is 0 Å². The van der Waals surface area contributed by atoms with Crippen molar-refractivity contribution in [2.24, 2.45) is 0 Å². The van der Waals surface area contributed by atoms with Gasteiger partial charge in [-0.2, -0.15) is 0 Å². The molecular formula is C55H111. The summed E-state index contributed by atoms with van der Waals surface area (Å²) < 4.78 is 0. The first kappa shape index (κ1) is 55.0. The van der Waals surface area contributed by atoms with E-state index in [-0.39, 0.29) is 0 Å². The lowest BCUT2D eigenvalue weighted by atomic mass is 10.0. The molecule has 0 fully saturated rings. The van der Waals surface area contributed by atoms with Crippen LogP contribution in [0.4, 0.5) is 0 Å². The zero-order valence-corrected chi connectivity index (χ0v) is 39.3. The molecule has 0 saturated heterocycles. The lowest BCUT2D eigenvalue weighted by Crippen LogP contribution is -1.85. The fourth-order valence-electron chi connectivity index (χ4n) is 9.00. The Kier molecular flexibility index (Phi) is 54.0. The lowest BCUT2D eigenvalue weighted by Gasteiger charge is -2.05. The first-order valence-corrected chi connectivity index (χ1v) is 27.2.